The fourth-order valence-corrected chi connectivity index (χ4v) is 3.59. The van der Waals surface area contributed by atoms with Gasteiger partial charge in [-0.25, -0.2) is 0 Å². The van der Waals surface area contributed by atoms with E-state index in [1.165, 1.54) is 0 Å². The Bertz CT molecular complexity index is 926. The SMILES string of the molecule is CC(C)(C)[C@H](NC(=O)[C@H](CCCCN)NC(=O)[C@H](CCCN=C(N)N)NC(=O)c1ccccc1)C(N)=O. The number of nitrogens with two attached hydrogens (primary N) is 4. The molecule has 0 fully saturated rings. The molecule has 12 nitrogen and oxygen atoms in total. The first-order valence-electron chi connectivity index (χ1n) is 12.4. The van der Waals surface area contributed by atoms with Crippen LogP contribution in [-0.4, -0.2) is 60.8 Å². The van der Waals surface area contributed by atoms with Gasteiger partial charge in [0.2, 0.25) is 17.7 Å². The molecule has 1 aromatic carbocycles. The first-order chi connectivity index (χ1) is 17.4. The van der Waals surface area contributed by atoms with E-state index in [2.05, 4.69) is 20.9 Å². The Morgan fingerprint density at radius 3 is 1.95 bits per heavy atom. The second kappa shape index (κ2) is 15.4. The van der Waals surface area contributed by atoms with Gasteiger partial charge in [-0.1, -0.05) is 39.0 Å². The lowest BCUT2D eigenvalue weighted by molar-refractivity contribution is -0.133. The zero-order chi connectivity index (χ0) is 28.0. The molecular formula is C25H42N8O4. The maximum absolute atomic E-state index is 13.3. The predicted molar refractivity (Wildman–Crippen MR) is 143 cm³/mol. The van der Waals surface area contributed by atoms with Crippen LogP contribution >= 0.6 is 0 Å². The number of benzene rings is 1. The van der Waals surface area contributed by atoms with Gasteiger partial charge in [0.1, 0.15) is 18.1 Å². The summed E-state index contributed by atoms with van der Waals surface area (Å²) in [6, 6.07) is 5.60. The van der Waals surface area contributed by atoms with E-state index in [0.717, 1.165) is 0 Å². The van der Waals surface area contributed by atoms with Gasteiger partial charge in [-0.3, -0.25) is 24.2 Å². The van der Waals surface area contributed by atoms with Crippen molar-refractivity contribution in [3.63, 3.8) is 0 Å². The van der Waals surface area contributed by atoms with Gasteiger partial charge in [0.05, 0.1) is 0 Å². The number of nitrogens with one attached hydrogen (secondary N) is 3. The molecule has 1 aromatic rings. The molecule has 206 valence electrons. The largest absolute Gasteiger partial charge is 0.370 e. The predicted octanol–water partition coefficient (Wildman–Crippen LogP) is -0.531. The van der Waals surface area contributed by atoms with E-state index in [4.69, 9.17) is 22.9 Å². The highest BCUT2D eigenvalue weighted by atomic mass is 16.2. The van der Waals surface area contributed by atoms with Gasteiger partial charge >= 0.3 is 0 Å². The third-order valence-corrected chi connectivity index (χ3v) is 5.62. The summed E-state index contributed by atoms with van der Waals surface area (Å²) in [7, 11) is 0. The molecular weight excluding hydrogens is 476 g/mol. The molecule has 0 aliphatic heterocycles. The van der Waals surface area contributed by atoms with Crippen LogP contribution < -0.4 is 38.9 Å². The van der Waals surface area contributed by atoms with Gasteiger partial charge in [0.15, 0.2) is 5.96 Å². The number of carbonyl (C=O) groups is 4. The van der Waals surface area contributed by atoms with Crippen LogP contribution in [0.4, 0.5) is 0 Å². The molecule has 11 N–H and O–H groups in total. The number of carbonyl (C=O) groups excluding carboxylic acids is 4. The Kier molecular flexibility index (Phi) is 13.1. The van der Waals surface area contributed by atoms with Crippen LogP contribution in [0.15, 0.2) is 35.3 Å². The van der Waals surface area contributed by atoms with Crippen molar-refractivity contribution in [2.24, 2.45) is 33.3 Å². The van der Waals surface area contributed by atoms with E-state index >= 15 is 0 Å². The van der Waals surface area contributed by atoms with Gasteiger partial charge in [-0.05, 0) is 56.2 Å². The molecule has 0 saturated carbocycles. The topological polar surface area (TPSA) is 221 Å². The highest BCUT2D eigenvalue weighted by Crippen LogP contribution is 2.19. The van der Waals surface area contributed by atoms with Crippen molar-refractivity contribution in [2.75, 3.05) is 13.1 Å². The van der Waals surface area contributed by atoms with Crippen molar-refractivity contribution < 1.29 is 19.2 Å². The Balaban J connectivity index is 3.08. The summed E-state index contributed by atoms with van der Waals surface area (Å²) in [5.74, 6) is -2.28. The Hall–Kier alpha value is -3.67. The number of guanidine groups is 1. The Labute approximate surface area is 218 Å². The van der Waals surface area contributed by atoms with Crippen molar-refractivity contribution in [3.05, 3.63) is 35.9 Å². The smallest absolute Gasteiger partial charge is 0.251 e. The van der Waals surface area contributed by atoms with Crippen LogP contribution in [0.2, 0.25) is 0 Å². The summed E-state index contributed by atoms with van der Waals surface area (Å²) in [6.07, 6.45) is 2.13. The van der Waals surface area contributed by atoms with E-state index in [9.17, 15) is 19.2 Å². The van der Waals surface area contributed by atoms with Crippen molar-refractivity contribution in [1.82, 2.24) is 16.0 Å². The first-order valence-corrected chi connectivity index (χ1v) is 12.4. The van der Waals surface area contributed by atoms with Crippen LogP contribution in [-0.2, 0) is 14.4 Å². The van der Waals surface area contributed by atoms with E-state index in [0.29, 0.717) is 31.4 Å². The van der Waals surface area contributed by atoms with Crippen LogP contribution in [0, 0.1) is 5.41 Å². The monoisotopic (exact) mass is 518 g/mol. The number of amides is 4. The molecule has 0 radical (unpaired) electrons. The fraction of sp³-hybridized carbons (Fsp3) is 0.560. The molecule has 1 rings (SSSR count). The Morgan fingerprint density at radius 2 is 1.41 bits per heavy atom. The molecule has 0 heterocycles. The second-order valence-corrected chi connectivity index (χ2v) is 9.90. The molecule has 0 aliphatic carbocycles. The van der Waals surface area contributed by atoms with Crippen molar-refractivity contribution in [3.8, 4) is 0 Å². The van der Waals surface area contributed by atoms with E-state index in [-0.39, 0.29) is 25.3 Å². The summed E-state index contributed by atoms with van der Waals surface area (Å²) in [6.45, 7) is 6.01. The van der Waals surface area contributed by atoms with Gasteiger partial charge in [0.25, 0.3) is 5.91 Å². The number of aliphatic imine (C=N–C) groups is 1. The average molecular weight is 519 g/mol. The van der Waals surface area contributed by atoms with E-state index < -0.39 is 47.2 Å². The van der Waals surface area contributed by atoms with Crippen LogP contribution in [0.1, 0.15) is 63.2 Å². The van der Waals surface area contributed by atoms with Crippen LogP contribution in [0.3, 0.4) is 0 Å². The lowest BCUT2D eigenvalue weighted by atomic mass is 9.86. The zero-order valence-electron chi connectivity index (χ0n) is 22.0. The lowest BCUT2D eigenvalue weighted by Gasteiger charge is -2.31. The summed E-state index contributed by atoms with van der Waals surface area (Å²) < 4.78 is 0. The molecule has 12 heteroatoms. The molecule has 3 atom stereocenters. The molecule has 0 aromatic heterocycles. The average Bonchev–Trinajstić information content (AvgIpc) is 2.82. The van der Waals surface area contributed by atoms with Gasteiger partial charge in [0, 0.05) is 12.1 Å². The number of nitrogens with zero attached hydrogens (tertiary/aromatic N) is 1. The van der Waals surface area contributed by atoms with E-state index in [1.807, 2.05) is 0 Å². The number of rotatable bonds is 15. The molecule has 0 spiro atoms. The minimum Gasteiger partial charge on any atom is -0.370 e. The molecule has 0 aliphatic rings. The van der Waals surface area contributed by atoms with E-state index in [1.54, 1.807) is 51.1 Å². The van der Waals surface area contributed by atoms with Crippen molar-refractivity contribution in [1.29, 1.82) is 0 Å². The number of unbranched alkanes of at least 4 members (excludes halogenated alkanes) is 1. The molecule has 0 unspecified atom stereocenters. The maximum Gasteiger partial charge on any atom is 0.251 e. The summed E-state index contributed by atoms with van der Waals surface area (Å²) in [4.78, 5) is 55.1. The van der Waals surface area contributed by atoms with Crippen molar-refractivity contribution in [2.45, 2.75) is 71.0 Å². The highest BCUT2D eigenvalue weighted by Gasteiger charge is 2.34. The second-order valence-electron chi connectivity index (χ2n) is 9.90. The van der Waals surface area contributed by atoms with Crippen LogP contribution in [0.25, 0.3) is 0 Å². The zero-order valence-corrected chi connectivity index (χ0v) is 22.0. The first kappa shape index (κ1) is 31.4. The third-order valence-electron chi connectivity index (χ3n) is 5.62. The minimum atomic E-state index is -0.961. The third kappa shape index (κ3) is 11.7. The maximum atomic E-state index is 13.3. The minimum absolute atomic E-state index is 0.0752. The molecule has 0 saturated heterocycles. The molecule has 4 amide bonds. The highest BCUT2D eigenvalue weighted by molar-refractivity contribution is 5.98. The van der Waals surface area contributed by atoms with Crippen LogP contribution in [0.5, 0.6) is 0 Å². The summed E-state index contributed by atoms with van der Waals surface area (Å²) in [5.41, 5.74) is 21.6. The van der Waals surface area contributed by atoms with Crippen molar-refractivity contribution >= 4 is 29.6 Å². The normalized spacial score (nSPS) is 13.5. The quantitative estimate of drug-likeness (QED) is 0.0912. The number of hydrogen-bond acceptors (Lipinski definition) is 6. The summed E-state index contributed by atoms with van der Waals surface area (Å²) in [5, 5.41) is 8.13. The summed E-state index contributed by atoms with van der Waals surface area (Å²) >= 11 is 0. The molecule has 0 bridgehead atoms. The fourth-order valence-electron chi connectivity index (χ4n) is 3.59. The molecule has 37 heavy (non-hydrogen) atoms. The van der Waals surface area contributed by atoms with Gasteiger partial charge in [-0.2, -0.15) is 0 Å². The Morgan fingerprint density at radius 1 is 0.838 bits per heavy atom. The van der Waals surface area contributed by atoms with Gasteiger partial charge in [-0.15, -0.1) is 0 Å². The standard InChI is InChI=1S/C25H42N8O4/c1-25(2,3)19(20(27)34)33-23(37)17(12-7-8-14-26)32-22(36)18(13-9-15-30-24(28)29)31-21(35)16-10-5-4-6-11-16/h4-6,10-11,17-19H,7-9,12-15,26H2,1-3H3,(H2,27,34)(H,31,35)(H,32,36)(H,33,37)(H4,28,29,30)/t17-,18-,19+/m0/s1. The lowest BCUT2D eigenvalue weighted by Crippen LogP contribution is -2.58. The van der Waals surface area contributed by atoms with Gasteiger partial charge < -0.3 is 38.9 Å². The number of primary amides is 1. The number of hydrogen-bond donors (Lipinski definition) is 7.